The van der Waals surface area contributed by atoms with Gasteiger partial charge in [0.1, 0.15) is 5.69 Å². The molecule has 0 saturated heterocycles. The summed E-state index contributed by atoms with van der Waals surface area (Å²) in [6, 6.07) is 0.486. The summed E-state index contributed by atoms with van der Waals surface area (Å²) in [4.78, 5) is 11.2. The van der Waals surface area contributed by atoms with Gasteiger partial charge in [-0.25, -0.2) is 0 Å². The molecule has 2 aliphatic carbocycles. The number of fused-ring (bicyclic) bond motifs is 1. The van der Waals surface area contributed by atoms with E-state index in [1.54, 1.807) is 0 Å². The number of rotatable bonds is 2. The number of carbonyl (C=O) groups excluding carboxylic acids is 1. The molecule has 1 heterocycles. The van der Waals surface area contributed by atoms with Gasteiger partial charge in [0.05, 0.1) is 11.7 Å². The molecule has 86 valence electrons. The van der Waals surface area contributed by atoms with Gasteiger partial charge in [-0.2, -0.15) is 5.10 Å². The minimum Gasteiger partial charge on any atom is -0.296 e. The number of hydrogen-bond acceptors (Lipinski definition) is 2. The van der Waals surface area contributed by atoms with Crippen molar-refractivity contribution in [1.29, 1.82) is 0 Å². The van der Waals surface area contributed by atoms with E-state index in [1.165, 1.54) is 49.8 Å². The highest BCUT2D eigenvalue weighted by Crippen LogP contribution is 2.32. The van der Waals surface area contributed by atoms with Gasteiger partial charge < -0.3 is 0 Å². The van der Waals surface area contributed by atoms with Crippen molar-refractivity contribution in [2.75, 3.05) is 0 Å². The maximum atomic E-state index is 11.2. The largest absolute Gasteiger partial charge is 0.296 e. The van der Waals surface area contributed by atoms with Gasteiger partial charge in [0.2, 0.25) is 0 Å². The lowest BCUT2D eigenvalue weighted by atomic mass is 9.95. The van der Waals surface area contributed by atoms with E-state index in [1.807, 2.05) is 4.68 Å². The monoisotopic (exact) mass is 218 g/mol. The number of aldehydes is 1. The zero-order valence-electron chi connectivity index (χ0n) is 9.61. The molecule has 1 fully saturated rings. The summed E-state index contributed by atoms with van der Waals surface area (Å²) in [7, 11) is 0. The first-order chi connectivity index (χ1) is 7.90. The lowest BCUT2D eigenvalue weighted by Crippen LogP contribution is -2.17. The topological polar surface area (TPSA) is 34.9 Å². The molecule has 0 atom stereocenters. The van der Waals surface area contributed by atoms with Gasteiger partial charge in [-0.1, -0.05) is 19.3 Å². The Morgan fingerprint density at radius 2 is 1.94 bits per heavy atom. The van der Waals surface area contributed by atoms with E-state index in [9.17, 15) is 4.79 Å². The quantitative estimate of drug-likeness (QED) is 0.715. The summed E-state index contributed by atoms with van der Waals surface area (Å²) < 4.78 is 2.04. The van der Waals surface area contributed by atoms with Crippen LogP contribution in [0.25, 0.3) is 0 Å². The van der Waals surface area contributed by atoms with Crippen molar-refractivity contribution >= 4 is 6.29 Å². The fraction of sp³-hybridized carbons (Fsp3) is 0.692. The third-order valence-corrected chi connectivity index (χ3v) is 4.01. The van der Waals surface area contributed by atoms with Gasteiger partial charge in [0.25, 0.3) is 0 Å². The molecule has 3 nitrogen and oxygen atoms in total. The molecular formula is C13H18N2O. The molecular weight excluding hydrogens is 200 g/mol. The minimum absolute atomic E-state index is 0.486. The summed E-state index contributed by atoms with van der Waals surface area (Å²) in [5.74, 6) is 0. The van der Waals surface area contributed by atoms with Crippen LogP contribution in [0.3, 0.4) is 0 Å². The van der Waals surface area contributed by atoms with Crippen LogP contribution < -0.4 is 0 Å². The van der Waals surface area contributed by atoms with E-state index in [4.69, 9.17) is 0 Å². The molecule has 0 spiro atoms. The third-order valence-electron chi connectivity index (χ3n) is 4.01. The van der Waals surface area contributed by atoms with Crippen molar-refractivity contribution < 1.29 is 4.79 Å². The van der Waals surface area contributed by atoms with Crippen LogP contribution in [0.1, 0.15) is 66.3 Å². The Morgan fingerprint density at radius 3 is 2.69 bits per heavy atom. The second kappa shape index (κ2) is 4.04. The molecule has 1 saturated carbocycles. The fourth-order valence-electron chi connectivity index (χ4n) is 3.17. The number of carbonyl (C=O) groups is 1. The van der Waals surface area contributed by atoms with Crippen LogP contribution >= 0.6 is 0 Å². The van der Waals surface area contributed by atoms with Gasteiger partial charge in [-0.05, 0) is 32.1 Å². The van der Waals surface area contributed by atoms with Crippen LogP contribution in [0, 0.1) is 0 Å². The first-order valence-corrected chi connectivity index (χ1v) is 6.45. The smallest absolute Gasteiger partial charge is 0.168 e. The summed E-state index contributed by atoms with van der Waals surface area (Å²) in [5.41, 5.74) is 3.30. The van der Waals surface area contributed by atoms with Crippen LogP contribution in [0.5, 0.6) is 0 Å². The Balaban J connectivity index is 1.96. The van der Waals surface area contributed by atoms with Gasteiger partial charge in [-0.15, -0.1) is 0 Å². The van der Waals surface area contributed by atoms with E-state index < -0.39 is 0 Å². The van der Waals surface area contributed by atoms with Crippen molar-refractivity contribution in [3.63, 3.8) is 0 Å². The maximum Gasteiger partial charge on any atom is 0.168 e. The number of aryl methyl sites for hydroxylation is 1. The van der Waals surface area contributed by atoms with Gasteiger partial charge in [0, 0.05) is 5.56 Å². The molecule has 2 aliphatic rings. The van der Waals surface area contributed by atoms with Crippen molar-refractivity contribution in [3.05, 3.63) is 17.0 Å². The van der Waals surface area contributed by atoms with Crippen molar-refractivity contribution in [3.8, 4) is 0 Å². The van der Waals surface area contributed by atoms with Crippen molar-refractivity contribution in [1.82, 2.24) is 9.78 Å². The molecule has 1 aromatic rings. The normalized spacial score (nSPS) is 21.0. The average Bonchev–Trinajstić information content (AvgIpc) is 2.89. The molecule has 0 unspecified atom stereocenters. The highest BCUT2D eigenvalue weighted by Gasteiger charge is 2.26. The van der Waals surface area contributed by atoms with Gasteiger partial charge in [0.15, 0.2) is 6.29 Å². The maximum absolute atomic E-state index is 11.2. The molecule has 0 aliphatic heterocycles. The first kappa shape index (κ1) is 10.1. The molecule has 0 radical (unpaired) electrons. The van der Waals surface area contributed by atoms with E-state index >= 15 is 0 Å². The van der Waals surface area contributed by atoms with Crippen LogP contribution in [-0.4, -0.2) is 16.1 Å². The Hall–Kier alpha value is -1.12. The lowest BCUT2D eigenvalue weighted by Gasteiger charge is -2.23. The van der Waals surface area contributed by atoms with E-state index in [0.717, 1.165) is 24.8 Å². The number of hydrogen-bond donors (Lipinski definition) is 0. The third kappa shape index (κ3) is 1.49. The van der Waals surface area contributed by atoms with Crippen LogP contribution in [-0.2, 0) is 12.8 Å². The fourth-order valence-corrected chi connectivity index (χ4v) is 3.17. The van der Waals surface area contributed by atoms with E-state index in [0.29, 0.717) is 6.04 Å². The molecule has 3 heteroatoms. The highest BCUT2D eigenvalue weighted by molar-refractivity contribution is 5.75. The molecule has 16 heavy (non-hydrogen) atoms. The van der Waals surface area contributed by atoms with Crippen molar-refractivity contribution in [2.45, 2.75) is 57.4 Å². The van der Waals surface area contributed by atoms with Gasteiger partial charge in [-0.3, -0.25) is 9.48 Å². The predicted octanol–water partition coefficient (Wildman–Crippen LogP) is 2.69. The number of nitrogens with zero attached hydrogens (tertiary/aromatic N) is 2. The standard InChI is InChI=1S/C13H18N2O/c16-9-13-11-7-4-8-12(11)14-15(13)10-5-2-1-3-6-10/h9-10H,1-8H2. The minimum atomic E-state index is 0.486. The molecule has 3 rings (SSSR count). The Labute approximate surface area is 95.8 Å². The van der Waals surface area contributed by atoms with Crippen molar-refractivity contribution in [2.24, 2.45) is 0 Å². The van der Waals surface area contributed by atoms with E-state index in [-0.39, 0.29) is 0 Å². The summed E-state index contributed by atoms with van der Waals surface area (Å²) in [6.07, 6.45) is 10.6. The molecule has 0 N–H and O–H groups in total. The van der Waals surface area contributed by atoms with Crippen LogP contribution in [0.2, 0.25) is 0 Å². The zero-order chi connectivity index (χ0) is 11.0. The second-order valence-corrected chi connectivity index (χ2v) is 5.02. The average molecular weight is 218 g/mol. The highest BCUT2D eigenvalue weighted by atomic mass is 16.1. The molecule has 0 aromatic carbocycles. The van der Waals surface area contributed by atoms with Gasteiger partial charge >= 0.3 is 0 Å². The second-order valence-electron chi connectivity index (χ2n) is 5.02. The Kier molecular flexibility index (Phi) is 2.54. The van der Waals surface area contributed by atoms with E-state index in [2.05, 4.69) is 5.10 Å². The van der Waals surface area contributed by atoms with Crippen LogP contribution in [0.15, 0.2) is 0 Å². The Morgan fingerprint density at radius 1 is 1.12 bits per heavy atom. The predicted molar refractivity (Wildman–Crippen MR) is 61.8 cm³/mol. The molecule has 0 bridgehead atoms. The van der Waals surface area contributed by atoms with Crippen LogP contribution in [0.4, 0.5) is 0 Å². The SMILES string of the molecule is O=Cc1c2c(nn1C1CCCCC1)CCC2. The summed E-state index contributed by atoms with van der Waals surface area (Å²) >= 11 is 0. The summed E-state index contributed by atoms with van der Waals surface area (Å²) in [6.45, 7) is 0. The Bertz CT molecular complexity index is 402. The number of aromatic nitrogens is 2. The molecule has 1 aromatic heterocycles. The molecule has 0 amide bonds. The summed E-state index contributed by atoms with van der Waals surface area (Å²) in [5, 5.41) is 4.67. The zero-order valence-corrected chi connectivity index (χ0v) is 9.61. The first-order valence-electron chi connectivity index (χ1n) is 6.45. The lowest BCUT2D eigenvalue weighted by molar-refractivity contribution is 0.110.